The Labute approximate surface area is 293 Å². The van der Waals surface area contributed by atoms with Crippen LogP contribution in [-0.2, 0) is 0 Å². The average molecular weight is 641 g/mol. The number of allylic oxidation sites excluding steroid dienone is 4. The van der Waals surface area contributed by atoms with Gasteiger partial charge in [-0.25, -0.2) is 0 Å². The lowest BCUT2D eigenvalue weighted by molar-refractivity contribution is 0.635. The number of aromatic nitrogens is 1. The van der Waals surface area contributed by atoms with E-state index in [0.717, 1.165) is 23.5 Å². The molecule has 0 N–H and O–H groups in total. The third-order valence-electron chi connectivity index (χ3n) is 9.88. The van der Waals surface area contributed by atoms with Gasteiger partial charge in [0.1, 0.15) is 0 Å². The van der Waals surface area contributed by atoms with Crippen LogP contribution in [0.25, 0.3) is 55.2 Å². The SMILES string of the molecule is C1=CCC(n2c(-c3ccccc3)c(-c3ccccc3)c3cc(-c4ccc(N(c5ccccc5)c5cccc6ccccc56)cc4)ccc32)C=C1. The lowest BCUT2D eigenvalue weighted by Crippen LogP contribution is -2.10. The van der Waals surface area contributed by atoms with Crippen molar-refractivity contribution in [3.8, 4) is 33.5 Å². The first kappa shape index (κ1) is 29.7. The summed E-state index contributed by atoms with van der Waals surface area (Å²) in [5, 5.41) is 3.72. The molecule has 0 radical (unpaired) electrons. The van der Waals surface area contributed by atoms with Gasteiger partial charge in [-0.2, -0.15) is 0 Å². The van der Waals surface area contributed by atoms with Crippen LogP contribution >= 0.6 is 0 Å². The highest BCUT2D eigenvalue weighted by Gasteiger charge is 2.24. The smallest absolute Gasteiger partial charge is 0.0576 e. The minimum absolute atomic E-state index is 0.235. The number of rotatable bonds is 7. The van der Waals surface area contributed by atoms with Crippen molar-refractivity contribution in [3.05, 3.63) is 200 Å². The lowest BCUT2D eigenvalue weighted by Gasteiger charge is -2.27. The van der Waals surface area contributed by atoms with Crippen LogP contribution in [0.3, 0.4) is 0 Å². The maximum Gasteiger partial charge on any atom is 0.0576 e. The molecular formula is C48H36N2. The van der Waals surface area contributed by atoms with Crippen molar-refractivity contribution in [3.63, 3.8) is 0 Å². The molecule has 1 aliphatic rings. The number of hydrogen-bond donors (Lipinski definition) is 0. The second kappa shape index (κ2) is 12.9. The molecule has 2 heteroatoms. The molecule has 0 fully saturated rings. The maximum atomic E-state index is 2.56. The largest absolute Gasteiger partial charge is 0.333 e. The molecule has 0 bridgehead atoms. The van der Waals surface area contributed by atoms with E-state index in [2.05, 4.69) is 210 Å². The Morgan fingerprint density at radius 1 is 0.480 bits per heavy atom. The highest BCUT2D eigenvalue weighted by Crippen LogP contribution is 2.45. The standard InChI is InChI=1S/C48H36N2/c1-5-17-37(18-6-1)47-44-34-39(30-33-46(44)50(41-24-11-4-12-25-41)48(47)38-19-7-2-8-20-38)35-28-31-42(32-29-35)49(40-22-9-3-10-23-40)45-27-15-21-36-16-13-14-26-43(36)45/h1-24,26-34,41H,25H2. The van der Waals surface area contributed by atoms with Gasteiger partial charge in [0.25, 0.3) is 0 Å². The summed E-state index contributed by atoms with van der Waals surface area (Å²) in [6.45, 7) is 0. The van der Waals surface area contributed by atoms with Crippen LogP contribution in [0.5, 0.6) is 0 Å². The zero-order valence-corrected chi connectivity index (χ0v) is 27.7. The van der Waals surface area contributed by atoms with E-state index in [0.29, 0.717) is 0 Å². The molecule has 0 spiro atoms. The Morgan fingerprint density at radius 3 is 1.86 bits per heavy atom. The molecule has 2 nitrogen and oxygen atoms in total. The Balaban J connectivity index is 1.20. The summed E-state index contributed by atoms with van der Waals surface area (Å²) in [4.78, 5) is 2.36. The molecule has 9 rings (SSSR count). The Hall–Kier alpha value is -6.38. The molecule has 1 aliphatic carbocycles. The number of para-hydroxylation sites is 1. The predicted octanol–water partition coefficient (Wildman–Crippen LogP) is 13.3. The summed E-state index contributed by atoms with van der Waals surface area (Å²) in [7, 11) is 0. The van der Waals surface area contributed by atoms with Gasteiger partial charge in [-0.1, -0.05) is 158 Å². The van der Waals surface area contributed by atoms with Gasteiger partial charge >= 0.3 is 0 Å². The lowest BCUT2D eigenvalue weighted by atomic mass is 9.96. The fourth-order valence-electron chi connectivity index (χ4n) is 7.58. The fourth-order valence-corrected chi connectivity index (χ4v) is 7.58. The Kier molecular flexibility index (Phi) is 7.68. The van der Waals surface area contributed by atoms with E-state index in [1.807, 2.05) is 0 Å². The van der Waals surface area contributed by atoms with Gasteiger partial charge in [0, 0.05) is 33.2 Å². The second-order valence-electron chi connectivity index (χ2n) is 12.9. The van der Waals surface area contributed by atoms with E-state index in [9.17, 15) is 0 Å². The minimum Gasteiger partial charge on any atom is -0.333 e. The quantitative estimate of drug-likeness (QED) is 0.168. The van der Waals surface area contributed by atoms with Gasteiger partial charge in [0.15, 0.2) is 0 Å². The van der Waals surface area contributed by atoms with Crippen molar-refractivity contribution in [2.45, 2.75) is 12.5 Å². The summed E-state index contributed by atoms with van der Waals surface area (Å²) in [6.07, 6.45) is 9.92. The predicted molar refractivity (Wildman–Crippen MR) is 212 cm³/mol. The van der Waals surface area contributed by atoms with E-state index in [-0.39, 0.29) is 6.04 Å². The molecule has 1 unspecified atom stereocenters. The summed E-state index contributed by atoms with van der Waals surface area (Å²) >= 11 is 0. The van der Waals surface area contributed by atoms with Crippen molar-refractivity contribution in [2.24, 2.45) is 0 Å². The fraction of sp³-hybridized carbons (Fsp3) is 0.0417. The summed E-state index contributed by atoms with van der Waals surface area (Å²) in [6, 6.07) is 63.9. The van der Waals surface area contributed by atoms with Crippen LogP contribution < -0.4 is 4.90 Å². The Bertz CT molecular complexity index is 2480. The van der Waals surface area contributed by atoms with Crippen LogP contribution in [0.15, 0.2) is 200 Å². The number of hydrogen-bond acceptors (Lipinski definition) is 1. The summed E-state index contributed by atoms with van der Waals surface area (Å²) < 4.78 is 2.56. The van der Waals surface area contributed by atoms with Gasteiger partial charge in [-0.15, -0.1) is 0 Å². The number of anilines is 3. The van der Waals surface area contributed by atoms with Gasteiger partial charge < -0.3 is 9.47 Å². The first-order valence-electron chi connectivity index (χ1n) is 17.4. The van der Waals surface area contributed by atoms with Crippen molar-refractivity contribution in [1.82, 2.24) is 4.57 Å². The third-order valence-corrected chi connectivity index (χ3v) is 9.88. The van der Waals surface area contributed by atoms with E-state index in [1.54, 1.807) is 0 Å². The van der Waals surface area contributed by atoms with Crippen LogP contribution in [0, 0.1) is 0 Å². The highest BCUT2D eigenvalue weighted by molar-refractivity contribution is 6.06. The molecule has 238 valence electrons. The number of benzene rings is 7. The third kappa shape index (κ3) is 5.32. The molecule has 1 aromatic heterocycles. The van der Waals surface area contributed by atoms with Crippen molar-refractivity contribution in [1.29, 1.82) is 0 Å². The highest BCUT2D eigenvalue weighted by atomic mass is 15.1. The van der Waals surface area contributed by atoms with Gasteiger partial charge in [-0.05, 0) is 76.5 Å². The molecule has 8 aromatic rings. The maximum absolute atomic E-state index is 2.56. The topological polar surface area (TPSA) is 8.17 Å². The summed E-state index contributed by atoms with van der Waals surface area (Å²) in [5.74, 6) is 0. The monoisotopic (exact) mass is 640 g/mol. The molecule has 50 heavy (non-hydrogen) atoms. The molecule has 0 saturated carbocycles. The number of fused-ring (bicyclic) bond motifs is 2. The second-order valence-corrected chi connectivity index (χ2v) is 12.9. The van der Waals surface area contributed by atoms with Crippen molar-refractivity contribution < 1.29 is 0 Å². The molecule has 1 heterocycles. The normalized spacial score (nSPS) is 14.0. The zero-order valence-electron chi connectivity index (χ0n) is 27.7. The first-order chi connectivity index (χ1) is 24.8. The van der Waals surface area contributed by atoms with Crippen LogP contribution in [0.4, 0.5) is 17.1 Å². The molecule has 1 atom stereocenters. The van der Waals surface area contributed by atoms with E-state index >= 15 is 0 Å². The van der Waals surface area contributed by atoms with Gasteiger partial charge in [0.2, 0.25) is 0 Å². The average Bonchev–Trinajstić information content (AvgIpc) is 3.54. The van der Waals surface area contributed by atoms with E-state index in [4.69, 9.17) is 0 Å². The van der Waals surface area contributed by atoms with Crippen LogP contribution in [0.1, 0.15) is 12.5 Å². The molecule has 0 saturated heterocycles. The van der Waals surface area contributed by atoms with Crippen LogP contribution in [0.2, 0.25) is 0 Å². The molecule has 0 amide bonds. The van der Waals surface area contributed by atoms with Crippen LogP contribution in [-0.4, -0.2) is 4.57 Å². The van der Waals surface area contributed by atoms with Crippen molar-refractivity contribution in [2.75, 3.05) is 4.90 Å². The molecular weight excluding hydrogens is 605 g/mol. The minimum atomic E-state index is 0.235. The van der Waals surface area contributed by atoms with Gasteiger partial charge in [0.05, 0.1) is 17.4 Å². The zero-order chi connectivity index (χ0) is 33.3. The number of nitrogens with zero attached hydrogens (tertiary/aromatic N) is 2. The Morgan fingerprint density at radius 2 is 1.12 bits per heavy atom. The van der Waals surface area contributed by atoms with Gasteiger partial charge in [-0.3, -0.25) is 0 Å². The molecule has 7 aromatic carbocycles. The molecule has 0 aliphatic heterocycles. The van der Waals surface area contributed by atoms with E-state index in [1.165, 1.54) is 55.2 Å². The van der Waals surface area contributed by atoms with Crippen molar-refractivity contribution >= 4 is 38.7 Å². The summed E-state index contributed by atoms with van der Waals surface area (Å²) in [5.41, 5.74) is 12.1. The first-order valence-corrected chi connectivity index (χ1v) is 17.4. The van der Waals surface area contributed by atoms with E-state index < -0.39 is 0 Å².